The summed E-state index contributed by atoms with van der Waals surface area (Å²) in [6.45, 7) is 5.97. The average Bonchev–Trinajstić information content (AvgIpc) is 3.19. The van der Waals surface area contributed by atoms with E-state index in [1.807, 2.05) is 69.3 Å². The maximum absolute atomic E-state index is 12.5. The van der Waals surface area contributed by atoms with Gasteiger partial charge in [-0.15, -0.1) is 11.8 Å². The van der Waals surface area contributed by atoms with Crippen molar-refractivity contribution >= 4 is 29.1 Å². The molecule has 2 heterocycles. The lowest BCUT2D eigenvalue weighted by Crippen LogP contribution is -2.22. The SMILES string of the molecule is Cc1ccc(C(=O)Nc2ccc(SCc3cc(=O)n4c(ncn4C(C)C)n3)cc2)cc1. The number of nitrogens with one attached hydrogen (secondary N) is 1. The number of aromatic nitrogens is 4. The van der Waals surface area contributed by atoms with Crippen LogP contribution in [0.15, 0.2) is 70.6 Å². The minimum Gasteiger partial charge on any atom is -0.322 e. The predicted octanol–water partition coefficient (Wildman–Crippen LogP) is 4.32. The van der Waals surface area contributed by atoms with Gasteiger partial charge in [-0.2, -0.15) is 9.50 Å². The van der Waals surface area contributed by atoms with Crippen molar-refractivity contribution in [3.63, 3.8) is 0 Å². The van der Waals surface area contributed by atoms with Gasteiger partial charge in [0.25, 0.3) is 17.2 Å². The standard InChI is InChI=1S/C23H23N5O2S/c1-15(2)27-14-24-23-26-19(12-21(29)28(23)27)13-31-20-10-8-18(9-11-20)25-22(30)17-6-4-16(3)5-7-17/h4-12,14-15H,13H2,1-3H3,(H,25,30). The van der Waals surface area contributed by atoms with Crippen LogP contribution in [0.5, 0.6) is 0 Å². The van der Waals surface area contributed by atoms with Crippen LogP contribution < -0.4 is 10.9 Å². The van der Waals surface area contributed by atoms with Crippen LogP contribution in [0, 0.1) is 6.92 Å². The highest BCUT2D eigenvalue weighted by Crippen LogP contribution is 2.24. The van der Waals surface area contributed by atoms with Gasteiger partial charge in [0.15, 0.2) is 0 Å². The molecule has 1 N–H and O–H groups in total. The molecule has 0 aliphatic heterocycles. The minimum atomic E-state index is -0.140. The number of rotatable bonds is 6. The van der Waals surface area contributed by atoms with Crippen molar-refractivity contribution in [3.05, 3.63) is 88.1 Å². The van der Waals surface area contributed by atoms with Gasteiger partial charge in [0.1, 0.15) is 6.33 Å². The molecule has 0 atom stereocenters. The fourth-order valence-corrected chi connectivity index (χ4v) is 3.90. The molecule has 0 aliphatic rings. The van der Waals surface area contributed by atoms with Crippen LogP contribution in [0.3, 0.4) is 0 Å². The lowest BCUT2D eigenvalue weighted by molar-refractivity contribution is 0.102. The monoisotopic (exact) mass is 433 g/mol. The van der Waals surface area contributed by atoms with Crippen LogP contribution in [0.25, 0.3) is 5.78 Å². The van der Waals surface area contributed by atoms with E-state index in [0.717, 1.165) is 16.1 Å². The van der Waals surface area contributed by atoms with E-state index in [9.17, 15) is 9.59 Å². The number of hydrogen-bond acceptors (Lipinski definition) is 5. The van der Waals surface area contributed by atoms with Gasteiger partial charge < -0.3 is 5.32 Å². The maximum Gasteiger partial charge on any atom is 0.274 e. The summed E-state index contributed by atoms with van der Waals surface area (Å²) in [4.78, 5) is 34.6. The number of carbonyl (C=O) groups is 1. The Morgan fingerprint density at radius 3 is 2.48 bits per heavy atom. The number of hydrogen-bond donors (Lipinski definition) is 1. The number of nitrogens with zero attached hydrogens (tertiary/aromatic N) is 4. The average molecular weight is 434 g/mol. The van der Waals surface area contributed by atoms with Gasteiger partial charge >= 0.3 is 0 Å². The number of anilines is 1. The first kappa shape index (κ1) is 20.9. The molecule has 0 unspecified atom stereocenters. The van der Waals surface area contributed by atoms with E-state index in [-0.39, 0.29) is 17.5 Å². The molecule has 0 saturated heterocycles. The van der Waals surface area contributed by atoms with Gasteiger partial charge in [0.2, 0.25) is 0 Å². The van der Waals surface area contributed by atoms with Gasteiger partial charge in [0, 0.05) is 34.0 Å². The molecule has 1 amide bonds. The van der Waals surface area contributed by atoms with E-state index in [1.54, 1.807) is 28.8 Å². The molecule has 0 radical (unpaired) electrons. The Hall–Kier alpha value is -3.39. The quantitative estimate of drug-likeness (QED) is 0.458. The zero-order valence-electron chi connectivity index (χ0n) is 17.6. The maximum atomic E-state index is 12.5. The van der Waals surface area contributed by atoms with Crippen molar-refractivity contribution in [1.29, 1.82) is 0 Å². The van der Waals surface area contributed by atoms with Gasteiger partial charge in [-0.1, -0.05) is 17.7 Å². The molecule has 158 valence electrons. The zero-order valence-corrected chi connectivity index (χ0v) is 18.4. The molecule has 4 aromatic rings. The van der Waals surface area contributed by atoms with Crippen molar-refractivity contribution in [2.45, 2.75) is 37.5 Å². The predicted molar refractivity (Wildman–Crippen MR) is 123 cm³/mol. The highest BCUT2D eigenvalue weighted by atomic mass is 32.2. The molecular weight excluding hydrogens is 410 g/mol. The van der Waals surface area contributed by atoms with Crippen LogP contribution in [0.2, 0.25) is 0 Å². The molecular formula is C23H23N5O2S. The number of carbonyl (C=O) groups excluding carboxylic acids is 1. The summed E-state index contributed by atoms with van der Waals surface area (Å²) in [6.07, 6.45) is 1.63. The molecule has 4 rings (SSSR count). The summed E-state index contributed by atoms with van der Waals surface area (Å²) < 4.78 is 3.26. The van der Waals surface area contributed by atoms with E-state index < -0.39 is 0 Å². The first-order chi connectivity index (χ1) is 14.9. The van der Waals surface area contributed by atoms with Crippen LogP contribution in [0.4, 0.5) is 5.69 Å². The molecule has 0 aliphatic carbocycles. The Kier molecular flexibility index (Phi) is 5.90. The Balaban J connectivity index is 1.41. The second kappa shape index (κ2) is 8.77. The van der Waals surface area contributed by atoms with Crippen LogP contribution in [-0.4, -0.2) is 25.1 Å². The third-order valence-electron chi connectivity index (χ3n) is 4.80. The normalized spacial score (nSPS) is 11.2. The van der Waals surface area contributed by atoms with E-state index in [1.165, 1.54) is 4.52 Å². The molecule has 0 saturated carbocycles. The smallest absolute Gasteiger partial charge is 0.274 e. The summed E-state index contributed by atoms with van der Waals surface area (Å²) in [5.74, 6) is 0.820. The second-order valence-electron chi connectivity index (χ2n) is 7.55. The van der Waals surface area contributed by atoms with Gasteiger partial charge in [-0.25, -0.2) is 4.98 Å². The minimum absolute atomic E-state index is 0.120. The van der Waals surface area contributed by atoms with E-state index >= 15 is 0 Å². The molecule has 0 spiro atoms. The first-order valence-corrected chi connectivity index (χ1v) is 11.0. The third kappa shape index (κ3) is 4.69. The first-order valence-electron chi connectivity index (χ1n) is 9.97. The Morgan fingerprint density at radius 2 is 1.81 bits per heavy atom. The second-order valence-corrected chi connectivity index (χ2v) is 8.60. The third-order valence-corrected chi connectivity index (χ3v) is 5.84. The van der Waals surface area contributed by atoms with Crippen LogP contribution >= 0.6 is 11.8 Å². The Labute approximate surface area is 184 Å². The Morgan fingerprint density at radius 1 is 1.10 bits per heavy atom. The highest BCUT2D eigenvalue weighted by Gasteiger charge is 2.11. The summed E-state index contributed by atoms with van der Waals surface area (Å²) in [6, 6.07) is 16.7. The van der Waals surface area contributed by atoms with Gasteiger partial charge in [-0.05, 0) is 57.2 Å². The summed E-state index contributed by atoms with van der Waals surface area (Å²) in [7, 11) is 0. The number of aryl methyl sites for hydroxylation is 1. The lowest BCUT2D eigenvalue weighted by atomic mass is 10.1. The number of amides is 1. The highest BCUT2D eigenvalue weighted by molar-refractivity contribution is 7.98. The van der Waals surface area contributed by atoms with Gasteiger partial charge in [0.05, 0.1) is 5.69 Å². The van der Waals surface area contributed by atoms with Crippen molar-refractivity contribution in [2.75, 3.05) is 5.32 Å². The summed E-state index contributed by atoms with van der Waals surface area (Å²) in [5, 5.41) is 2.90. The zero-order chi connectivity index (χ0) is 22.0. The van der Waals surface area contributed by atoms with Crippen LogP contribution in [-0.2, 0) is 5.75 Å². The topological polar surface area (TPSA) is 81.3 Å². The molecule has 0 bridgehead atoms. The largest absolute Gasteiger partial charge is 0.322 e. The van der Waals surface area contributed by atoms with E-state index in [0.29, 0.717) is 22.8 Å². The fraction of sp³-hybridized carbons (Fsp3) is 0.217. The molecule has 7 nitrogen and oxygen atoms in total. The van der Waals surface area contributed by atoms with Crippen molar-refractivity contribution in [3.8, 4) is 0 Å². The Bertz CT molecular complexity index is 1270. The van der Waals surface area contributed by atoms with Crippen molar-refractivity contribution in [1.82, 2.24) is 19.2 Å². The number of fused-ring (bicyclic) bond motifs is 1. The van der Waals surface area contributed by atoms with Gasteiger partial charge in [-0.3, -0.25) is 14.3 Å². The van der Waals surface area contributed by atoms with E-state index in [2.05, 4.69) is 15.3 Å². The van der Waals surface area contributed by atoms with Crippen LogP contribution in [0.1, 0.15) is 41.5 Å². The molecule has 0 fully saturated rings. The molecule has 8 heteroatoms. The molecule has 2 aromatic carbocycles. The molecule has 31 heavy (non-hydrogen) atoms. The summed E-state index contributed by atoms with van der Waals surface area (Å²) in [5.41, 5.74) is 3.01. The van der Waals surface area contributed by atoms with E-state index in [4.69, 9.17) is 0 Å². The molecule has 2 aromatic heterocycles. The van der Waals surface area contributed by atoms with Crippen molar-refractivity contribution < 1.29 is 4.79 Å². The lowest BCUT2D eigenvalue weighted by Gasteiger charge is -2.09. The fourth-order valence-electron chi connectivity index (χ4n) is 3.11. The summed E-state index contributed by atoms with van der Waals surface area (Å²) >= 11 is 1.57. The number of thioether (sulfide) groups is 1. The number of benzene rings is 2. The van der Waals surface area contributed by atoms with Crippen molar-refractivity contribution in [2.24, 2.45) is 0 Å².